The van der Waals surface area contributed by atoms with Crippen molar-refractivity contribution >= 4 is 0 Å². The summed E-state index contributed by atoms with van der Waals surface area (Å²) < 4.78 is 0. The molecule has 2 atom stereocenters. The molecule has 2 unspecified atom stereocenters. The molecule has 0 aromatic heterocycles. The number of hydrogen-bond donors (Lipinski definition) is 1. The summed E-state index contributed by atoms with van der Waals surface area (Å²) in [6, 6.07) is 7.51. The van der Waals surface area contributed by atoms with E-state index in [1.165, 1.54) is 48.8 Å². The lowest BCUT2D eigenvalue weighted by atomic mass is 9.83. The van der Waals surface area contributed by atoms with Gasteiger partial charge in [-0.05, 0) is 43.7 Å². The Morgan fingerprint density at radius 1 is 1.17 bits per heavy atom. The molecule has 0 bridgehead atoms. The van der Waals surface area contributed by atoms with E-state index in [0.717, 1.165) is 18.5 Å². The molecule has 1 aromatic carbocycles. The van der Waals surface area contributed by atoms with Crippen molar-refractivity contribution in [3.8, 4) is 0 Å². The first-order valence-electron chi connectivity index (χ1n) is 7.50. The Morgan fingerprint density at radius 3 is 2.72 bits per heavy atom. The molecule has 1 saturated carbocycles. The Labute approximate surface area is 112 Å². The van der Waals surface area contributed by atoms with E-state index in [4.69, 9.17) is 0 Å². The van der Waals surface area contributed by atoms with Crippen molar-refractivity contribution in [3.05, 3.63) is 34.9 Å². The first kappa shape index (κ1) is 13.6. The van der Waals surface area contributed by atoms with E-state index in [1.54, 1.807) is 0 Å². The normalized spacial score (nSPS) is 24.2. The molecule has 2 rings (SSSR count). The smallest absolute Gasteiger partial charge is 0.0210 e. The van der Waals surface area contributed by atoms with Gasteiger partial charge in [-0.2, -0.15) is 0 Å². The van der Waals surface area contributed by atoms with E-state index < -0.39 is 0 Å². The number of benzene rings is 1. The third kappa shape index (κ3) is 3.35. The van der Waals surface area contributed by atoms with Gasteiger partial charge in [0.05, 0.1) is 0 Å². The highest BCUT2D eigenvalue weighted by atomic mass is 14.9. The summed E-state index contributed by atoms with van der Waals surface area (Å²) >= 11 is 0. The van der Waals surface area contributed by atoms with Crippen LogP contribution in [0, 0.1) is 19.8 Å². The lowest BCUT2D eigenvalue weighted by Crippen LogP contribution is -2.37. The molecule has 100 valence electrons. The van der Waals surface area contributed by atoms with Gasteiger partial charge in [0, 0.05) is 12.6 Å². The lowest BCUT2D eigenvalue weighted by Gasteiger charge is -2.32. The molecular weight excluding hydrogens is 218 g/mol. The molecule has 0 radical (unpaired) electrons. The Morgan fingerprint density at radius 2 is 1.94 bits per heavy atom. The SMILES string of the molecule is CCC1CCCCC1NCc1cc(C)ccc1C. The van der Waals surface area contributed by atoms with Crippen molar-refractivity contribution in [2.75, 3.05) is 0 Å². The molecule has 1 aliphatic rings. The number of rotatable bonds is 4. The van der Waals surface area contributed by atoms with Crippen LogP contribution in [-0.2, 0) is 6.54 Å². The highest BCUT2D eigenvalue weighted by Crippen LogP contribution is 2.27. The summed E-state index contributed by atoms with van der Waals surface area (Å²) in [5, 5.41) is 3.81. The van der Waals surface area contributed by atoms with Gasteiger partial charge >= 0.3 is 0 Å². The van der Waals surface area contributed by atoms with Crippen molar-refractivity contribution in [1.82, 2.24) is 5.32 Å². The molecular formula is C17H27N. The first-order valence-corrected chi connectivity index (χ1v) is 7.50. The zero-order valence-electron chi connectivity index (χ0n) is 12.1. The maximum atomic E-state index is 3.81. The largest absolute Gasteiger partial charge is 0.310 e. The fourth-order valence-corrected chi connectivity index (χ4v) is 3.20. The second-order valence-corrected chi connectivity index (χ2v) is 5.87. The predicted molar refractivity (Wildman–Crippen MR) is 78.8 cm³/mol. The zero-order chi connectivity index (χ0) is 13.0. The average Bonchev–Trinajstić information content (AvgIpc) is 2.40. The third-order valence-corrected chi connectivity index (χ3v) is 4.49. The number of hydrogen-bond acceptors (Lipinski definition) is 1. The van der Waals surface area contributed by atoms with E-state index in [-0.39, 0.29) is 0 Å². The second kappa shape index (κ2) is 6.38. The molecule has 1 heteroatoms. The van der Waals surface area contributed by atoms with E-state index in [2.05, 4.69) is 44.3 Å². The van der Waals surface area contributed by atoms with E-state index in [9.17, 15) is 0 Å². The maximum absolute atomic E-state index is 3.81. The molecule has 18 heavy (non-hydrogen) atoms. The van der Waals surface area contributed by atoms with Crippen LogP contribution in [0.2, 0.25) is 0 Å². The van der Waals surface area contributed by atoms with E-state index >= 15 is 0 Å². The van der Waals surface area contributed by atoms with Crippen LogP contribution in [0.4, 0.5) is 0 Å². The fraction of sp³-hybridized carbons (Fsp3) is 0.647. The quantitative estimate of drug-likeness (QED) is 0.831. The van der Waals surface area contributed by atoms with Gasteiger partial charge in [-0.25, -0.2) is 0 Å². The van der Waals surface area contributed by atoms with Crippen molar-refractivity contribution < 1.29 is 0 Å². The lowest BCUT2D eigenvalue weighted by molar-refractivity contribution is 0.254. The third-order valence-electron chi connectivity index (χ3n) is 4.49. The summed E-state index contributed by atoms with van der Waals surface area (Å²) in [6.45, 7) is 7.77. The van der Waals surface area contributed by atoms with Crippen LogP contribution < -0.4 is 5.32 Å². The fourth-order valence-electron chi connectivity index (χ4n) is 3.20. The van der Waals surface area contributed by atoms with Crippen molar-refractivity contribution in [2.24, 2.45) is 5.92 Å². The van der Waals surface area contributed by atoms with Crippen LogP contribution in [0.3, 0.4) is 0 Å². The van der Waals surface area contributed by atoms with Crippen molar-refractivity contribution in [1.29, 1.82) is 0 Å². The summed E-state index contributed by atoms with van der Waals surface area (Å²) in [4.78, 5) is 0. The average molecular weight is 245 g/mol. The summed E-state index contributed by atoms with van der Waals surface area (Å²) in [6.07, 6.45) is 6.94. The Kier molecular flexibility index (Phi) is 4.82. The second-order valence-electron chi connectivity index (χ2n) is 5.87. The Bertz CT molecular complexity index is 383. The van der Waals surface area contributed by atoms with E-state index in [0.29, 0.717) is 0 Å². The standard InChI is InChI=1S/C17H27N/c1-4-15-7-5-6-8-17(15)18-12-16-11-13(2)9-10-14(16)3/h9-11,15,17-18H,4-8,12H2,1-3H3. The number of nitrogens with one attached hydrogen (secondary N) is 1. The van der Waals surface area contributed by atoms with Crippen LogP contribution >= 0.6 is 0 Å². The van der Waals surface area contributed by atoms with Crippen LogP contribution in [0.5, 0.6) is 0 Å². The van der Waals surface area contributed by atoms with Gasteiger partial charge in [0.15, 0.2) is 0 Å². The minimum atomic E-state index is 0.740. The Balaban J connectivity index is 1.95. The predicted octanol–water partition coefficient (Wildman–Crippen LogP) is 4.36. The zero-order valence-corrected chi connectivity index (χ0v) is 12.1. The summed E-state index contributed by atoms with van der Waals surface area (Å²) in [5.41, 5.74) is 4.25. The molecule has 0 amide bonds. The van der Waals surface area contributed by atoms with Gasteiger partial charge in [0.1, 0.15) is 0 Å². The monoisotopic (exact) mass is 245 g/mol. The molecule has 1 aliphatic carbocycles. The van der Waals surface area contributed by atoms with E-state index in [1.807, 2.05) is 0 Å². The Hall–Kier alpha value is -0.820. The molecule has 1 fully saturated rings. The first-order chi connectivity index (χ1) is 8.70. The highest BCUT2D eigenvalue weighted by Gasteiger charge is 2.22. The minimum Gasteiger partial charge on any atom is -0.310 e. The van der Waals surface area contributed by atoms with Gasteiger partial charge in [-0.3, -0.25) is 0 Å². The van der Waals surface area contributed by atoms with Crippen LogP contribution in [-0.4, -0.2) is 6.04 Å². The van der Waals surface area contributed by atoms with Gasteiger partial charge in [-0.1, -0.05) is 49.9 Å². The van der Waals surface area contributed by atoms with Gasteiger partial charge in [0.2, 0.25) is 0 Å². The van der Waals surface area contributed by atoms with Crippen LogP contribution in [0.25, 0.3) is 0 Å². The molecule has 1 aromatic rings. The highest BCUT2D eigenvalue weighted by molar-refractivity contribution is 5.30. The van der Waals surface area contributed by atoms with Gasteiger partial charge in [0.25, 0.3) is 0 Å². The van der Waals surface area contributed by atoms with Crippen molar-refractivity contribution in [3.63, 3.8) is 0 Å². The van der Waals surface area contributed by atoms with Gasteiger partial charge in [-0.15, -0.1) is 0 Å². The molecule has 0 heterocycles. The summed E-state index contributed by atoms with van der Waals surface area (Å²) in [5.74, 6) is 0.892. The molecule has 0 saturated heterocycles. The van der Waals surface area contributed by atoms with Crippen LogP contribution in [0.1, 0.15) is 55.7 Å². The summed E-state index contributed by atoms with van der Waals surface area (Å²) in [7, 11) is 0. The molecule has 0 spiro atoms. The van der Waals surface area contributed by atoms with Gasteiger partial charge < -0.3 is 5.32 Å². The van der Waals surface area contributed by atoms with Crippen LogP contribution in [0.15, 0.2) is 18.2 Å². The van der Waals surface area contributed by atoms with Crippen molar-refractivity contribution in [2.45, 2.75) is 65.5 Å². The topological polar surface area (TPSA) is 12.0 Å². The molecule has 1 N–H and O–H groups in total. The minimum absolute atomic E-state index is 0.740. The molecule has 1 nitrogen and oxygen atoms in total. The molecule has 0 aliphatic heterocycles. The number of aryl methyl sites for hydroxylation is 2. The maximum Gasteiger partial charge on any atom is 0.0210 e.